The number of rotatable bonds is 3. The summed E-state index contributed by atoms with van der Waals surface area (Å²) in [7, 11) is 0. The fourth-order valence-electron chi connectivity index (χ4n) is 1.50. The first-order valence-electron chi connectivity index (χ1n) is 5.55. The van der Waals surface area contributed by atoms with E-state index in [2.05, 4.69) is 5.32 Å². The predicted molar refractivity (Wildman–Crippen MR) is 68.0 cm³/mol. The van der Waals surface area contributed by atoms with E-state index in [0.29, 0.717) is 5.56 Å². The largest absolute Gasteiger partial charge is 0.319 e. The zero-order valence-corrected chi connectivity index (χ0v) is 10.8. The molecular formula is C13H10F3NOS. The number of thiophene rings is 1. The molecule has 1 N–H and O–H groups in total. The summed E-state index contributed by atoms with van der Waals surface area (Å²) in [6.07, 6.45) is 0.789. The lowest BCUT2D eigenvalue weighted by Crippen LogP contribution is -2.13. The van der Waals surface area contributed by atoms with Crippen LogP contribution in [0.15, 0.2) is 23.6 Å². The van der Waals surface area contributed by atoms with Crippen molar-refractivity contribution in [2.24, 2.45) is 0 Å². The quantitative estimate of drug-likeness (QED) is 0.849. The third kappa shape index (κ3) is 2.78. The fraction of sp³-hybridized carbons (Fsp3) is 0.154. The molecule has 0 aliphatic rings. The van der Waals surface area contributed by atoms with Crippen LogP contribution in [0.5, 0.6) is 0 Å². The summed E-state index contributed by atoms with van der Waals surface area (Å²) < 4.78 is 39.1. The van der Waals surface area contributed by atoms with Crippen molar-refractivity contribution in [1.29, 1.82) is 0 Å². The first-order chi connectivity index (χ1) is 9.02. The van der Waals surface area contributed by atoms with Crippen molar-refractivity contribution in [3.8, 4) is 0 Å². The zero-order chi connectivity index (χ0) is 14.0. The van der Waals surface area contributed by atoms with E-state index in [-0.39, 0.29) is 5.69 Å². The Morgan fingerprint density at radius 2 is 2.00 bits per heavy atom. The van der Waals surface area contributed by atoms with Gasteiger partial charge in [-0.05, 0) is 24.6 Å². The summed E-state index contributed by atoms with van der Waals surface area (Å²) in [4.78, 5) is 12.8. The van der Waals surface area contributed by atoms with Gasteiger partial charge in [0, 0.05) is 10.3 Å². The Labute approximate surface area is 111 Å². The van der Waals surface area contributed by atoms with Gasteiger partial charge >= 0.3 is 0 Å². The number of carbonyl (C=O) groups is 1. The molecule has 19 heavy (non-hydrogen) atoms. The van der Waals surface area contributed by atoms with Crippen molar-refractivity contribution in [1.82, 2.24) is 0 Å². The first-order valence-corrected chi connectivity index (χ1v) is 6.43. The van der Waals surface area contributed by atoms with Gasteiger partial charge < -0.3 is 5.32 Å². The van der Waals surface area contributed by atoms with Crippen LogP contribution in [0.4, 0.5) is 18.9 Å². The molecule has 2 nitrogen and oxygen atoms in total. The summed E-state index contributed by atoms with van der Waals surface area (Å²) >= 11 is 1.41. The molecule has 2 aromatic rings. The zero-order valence-electron chi connectivity index (χ0n) is 9.97. The minimum Gasteiger partial charge on any atom is -0.319 e. The van der Waals surface area contributed by atoms with E-state index in [9.17, 15) is 18.0 Å². The molecule has 0 atom stereocenters. The molecule has 0 bridgehead atoms. The van der Waals surface area contributed by atoms with E-state index in [1.807, 2.05) is 6.92 Å². The number of anilines is 1. The van der Waals surface area contributed by atoms with Crippen LogP contribution in [0.1, 0.15) is 22.2 Å². The number of hydrogen-bond acceptors (Lipinski definition) is 2. The van der Waals surface area contributed by atoms with E-state index in [1.165, 1.54) is 11.3 Å². The van der Waals surface area contributed by atoms with E-state index in [4.69, 9.17) is 0 Å². The number of benzene rings is 1. The van der Waals surface area contributed by atoms with Crippen LogP contribution in [0.3, 0.4) is 0 Å². The van der Waals surface area contributed by atoms with Crippen molar-refractivity contribution in [3.05, 3.63) is 51.5 Å². The molecule has 1 amide bonds. The Hall–Kier alpha value is -1.82. The van der Waals surface area contributed by atoms with Crippen LogP contribution in [-0.2, 0) is 6.42 Å². The van der Waals surface area contributed by atoms with Crippen molar-refractivity contribution >= 4 is 22.9 Å². The number of aryl methyl sites for hydroxylation is 1. The lowest BCUT2D eigenvalue weighted by Gasteiger charge is -2.06. The van der Waals surface area contributed by atoms with Crippen molar-refractivity contribution in [3.63, 3.8) is 0 Å². The molecule has 0 saturated heterocycles. The minimum atomic E-state index is -1.60. The third-order valence-electron chi connectivity index (χ3n) is 2.55. The molecule has 0 radical (unpaired) electrons. The Bertz CT molecular complexity index is 624. The number of carbonyl (C=O) groups excluding carboxylic acids is 1. The molecule has 100 valence electrons. The molecule has 0 fully saturated rings. The Kier molecular flexibility index (Phi) is 3.90. The van der Waals surface area contributed by atoms with Gasteiger partial charge in [-0.1, -0.05) is 6.92 Å². The topological polar surface area (TPSA) is 29.1 Å². The smallest absolute Gasteiger partial charge is 0.256 e. The molecule has 1 heterocycles. The SMILES string of the molecule is CCc1cc(C(=O)Nc2ccc(F)c(F)c2F)cs1. The number of hydrogen-bond donors (Lipinski definition) is 1. The van der Waals surface area contributed by atoms with E-state index in [1.54, 1.807) is 11.4 Å². The fourth-order valence-corrected chi connectivity index (χ4v) is 2.32. The second-order valence-corrected chi connectivity index (χ2v) is 4.83. The van der Waals surface area contributed by atoms with Crippen LogP contribution in [0, 0.1) is 17.5 Å². The molecule has 0 aliphatic carbocycles. The Morgan fingerprint density at radius 1 is 1.26 bits per heavy atom. The van der Waals surface area contributed by atoms with Gasteiger partial charge in [0.05, 0.1) is 11.3 Å². The second-order valence-electron chi connectivity index (χ2n) is 3.83. The minimum absolute atomic E-state index is 0.367. The highest BCUT2D eigenvalue weighted by Gasteiger charge is 2.16. The number of halogens is 3. The lowest BCUT2D eigenvalue weighted by molar-refractivity contribution is 0.102. The molecule has 1 aromatic carbocycles. The Morgan fingerprint density at radius 3 is 2.63 bits per heavy atom. The van der Waals surface area contributed by atoms with Crippen molar-refractivity contribution in [2.45, 2.75) is 13.3 Å². The molecule has 0 unspecified atom stereocenters. The van der Waals surface area contributed by atoms with E-state index in [0.717, 1.165) is 23.4 Å². The van der Waals surface area contributed by atoms with Gasteiger partial charge in [0.25, 0.3) is 5.91 Å². The van der Waals surface area contributed by atoms with Gasteiger partial charge in [-0.3, -0.25) is 4.79 Å². The van der Waals surface area contributed by atoms with Crippen molar-refractivity contribution < 1.29 is 18.0 Å². The number of nitrogens with one attached hydrogen (secondary N) is 1. The molecule has 0 spiro atoms. The van der Waals surface area contributed by atoms with Crippen molar-refractivity contribution in [2.75, 3.05) is 5.32 Å². The molecular weight excluding hydrogens is 275 g/mol. The summed E-state index contributed by atoms with van der Waals surface area (Å²) in [5.74, 6) is -4.85. The maximum atomic E-state index is 13.4. The van der Waals surface area contributed by atoms with Gasteiger partial charge in [-0.15, -0.1) is 11.3 Å². The van der Waals surface area contributed by atoms with Crippen LogP contribution in [-0.4, -0.2) is 5.91 Å². The second kappa shape index (κ2) is 5.44. The summed E-state index contributed by atoms with van der Waals surface area (Å²) in [6, 6.07) is 3.43. The maximum absolute atomic E-state index is 13.4. The number of amides is 1. The first kappa shape index (κ1) is 13.6. The van der Waals surface area contributed by atoms with Crippen LogP contribution in [0.25, 0.3) is 0 Å². The monoisotopic (exact) mass is 285 g/mol. The standard InChI is InChI=1S/C13H10F3NOS/c1-2-8-5-7(6-19-8)13(18)17-10-4-3-9(14)11(15)12(10)16/h3-6H,2H2,1H3,(H,17,18). The van der Waals surface area contributed by atoms with Gasteiger partial charge in [-0.25, -0.2) is 13.2 Å². The molecule has 1 aromatic heterocycles. The van der Waals surface area contributed by atoms with E-state index >= 15 is 0 Å². The van der Waals surface area contributed by atoms with Crippen LogP contribution >= 0.6 is 11.3 Å². The molecule has 0 saturated carbocycles. The molecule has 0 aliphatic heterocycles. The third-order valence-corrected chi connectivity index (χ3v) is 3.63. The van der Waals surface area contributed by atoms with Gasteiger partial charge in [0.15, 0.2) is 17.5 Å². The van der Waals surface area contributed by atoms with Crippen LogP contribution < -0.4 is 5.32 Å². The molecule has 6 heteroatoms. The average Bonchev–Trinajstić information content (AvgIpc) is 2.88. The normalized spacial score (nSPS) is 10.5. The summed E-state index contributed by atoms with van der Waals surface area (Å²) in [6.45, 7) is 1.95. The lowest BCUT2D eigenvalue weighted by atomic mass is 10.2. The summed E-state index contributed by atoms with van der Waals surface area (Å²) in [5.41, 5.74) is -0.0147. The highest BCUT2D eigenvalue weighted by molar-refractivity contribution is 7.10. The van der Waals surface area contributed by atoms with Gasteiger partial charge in [-0.2, -0.15) is 0 Å². The Balaban J connectivity index is 2.21. The predicted octanol–water partition coefficient (Wildman–Crippen LogP) is 3.98. The van der Waals surface area contributed by atoms with Crippen LogP contribution in [0.2, 0.25) is 0 Å². The van der Waals surface area contributed by atoms with E-state index < -0.39 is 23.4 Å². The summed E-state index contributed by atoms with van der Waals surface area (Å²) in [5, 5.41) is 3.85. The highest BCUT2D eigenvalue weighted by atomic mass is 32.1. The van der Waals surface area contributed by atoms with Gasteiger partial charge in [0.2, 0.25) is 0 Å². The van der Waals surface area contributed by atoms with Gasteiger partial charge in [0.1, 0.15) is 0 Å². The average molecular weight is 285 g/mol. The molecule has 2 rings (SSSR count). The highest BCUT2D eigenvalue weighted by Crippen LogP contribution is 2.21. The maximum Gasteiger partial charge on any atom is 0.256 e.